The number of nitrogens with one attached hydrogen (secondary N) is 2. The summed E-state index contributed by atoms with van der Waals surface area (Å²) in [5.41, 5.74) is 3.12. The van der Waals surface area contributed by atoms with Gasteiger partial charge in [-0.05, 0) is 42.5 Å². The molecule has 2 aromatic carbocycles. The van der Waals surface area contributed by atoms with Crippen molar-refractivity contribution in [1.29, 1.82) is 0 Å². The molecule has 1 amide bonds. The minimum absolute atomic E-state index is 0.162. The second-order valence-corrected chi connectivity index (χ2v) is 4.85. The van der Waals surface area contributed by atoms with Gasteiger partial charge < -0.3 is 15.0 Å². The number of rotatable bonds is 3. The Balaban J connectivity index is 1.59. The second-order valence-electron chi connectivity index (χ2n) is 4.85. The maximum absolute atomic E-state index is 12.1. The third-order valence-corrected chi connectivity index (χ3v) is 3.34. The molecule has 2 N–H and O–H groups in total. The van der Waals surface area contributed by atoms with E-state index < -0.39 is 0 Å². The summed E-state index contributed by atoms with van der Waals surface area (Å²) in [4.78, 5) is 19.2. The molecular formula is C18H15N3O2. The highest BCUT2D eigenvalue weighted by Crippen LogP contribution is 2.11. The molecule has 3 aromatic rings. The standard InChI is InChI=1S/C18H15N3O2/c1-23-15-7-4-13(5-8-15)3-2-10-19-18(22)14-6-9-16-17(11-14)21-12-20-16/h4-9,11-12H,10H2,1H3,(H,19,22)(H,20,21). The predicted molar refractivity (Wildman–Crippen MR) is 88.3 cm³/mol. The van der Waals surface area contributed by atoms with Crippen LogP contribution in [0.5, 0.6) is 5.75 Å². The lowest BCUT2D eigenvalue weighted by Crippen LogP contribution is -2.23. The van der Waals surface area contributed by atoms with Gasteiger partial charge in [0.05, 0.1) is 31.0 Å². The van der Waals surface area contributed by atoms with Crippen LogP contribution in [0.1, 0.15) is 15.9 Å². The second kappa shape index (κ2) is 6.67. The maximum Gasteiger partial charge on any atom is 0.252 e. The number of methoxy groups -OCH3 is 1. The fourth-order valence-corrected chi connectivity index (χ4v) is 2.12. The molecule has 0 unspecified atom stereocenters. The highest BCUT2D eigenvalue weighted by Gasteiger charge is 2.05. The summed E-state index contributed by atoms with van der Waals surface area (Å²) in [5, 5.41) is 2.78. The first kappa shape index (κ1) is 14.7. The first-order valence-corrected chi connectivity index (χ1v) is 7.10. The number of carbonyl (C=O) groups is 1. The number of ether oxygens (including phenoxy) is 1. The van der Waals surface area contributed by atoms with E-state index in [1.165, 1.54) is 0 Å². The number of amides is 1. The van der Waals surface area contributed by atoms with E-state index in [0.717, 1.165) is 22.3 Å². The van der Waals surface area contributed by atoms with E-state index in [9.17, 15) is 4.79 Å². The lowest BCUT2D eigenvalue weighted by molar-refractivity contribution is 0.0959. The van der Waals surface area contributed by atoms with E-state index in [1.54, 1.807) is 25.6 Å². The zero-order valence-electron chi connectivity index (χ0n) is 12.6. The van der Waals surface area contributed by atoms with Crippen LogP contribution in [0.25, 0.3) is 11.0 Å². The van der Waals surface area contributed by atoms with Crippen LogP contribution in [0.3, 0.4) is 0 Å². The number of H-pyrrole nitrogens is 1. The quantitative estimate of drug-likeness (QED) is 0.730. The molecule has 114 valence electrons. The highest BCUT2D eigenvalue weighted by atomic mass is 16.5. The molecule has 5 nitrogen and oxygen atoms in total. The Morgan fingerprint density at radius 1 is 1.26 bits per heavy atom. The summed E-state index contributed by atoms with van der Waals surface area (Å²) in [5.74, 6) is 6.55. The number of benzene rings is 2. The molecule has 3 rings (SSSR count). The van der Waals surface area contributed by atoms with Crippen LogP contribution in [-0.2, 0) is 0 Å². The van der Waals surface area contributed by atoms with Gasteiger partial charge in [0.2, 0.25) is 0 Å². The van der Waals surface area contributed by atoms with Crippen LogP contribution in [0.2, 0.25) is 0 Å². The fraction of sp³-hybridized carbons (Fsp3) is 0.111. The molecule has 23 heavy (non-hydrogen) atoms. The Morgan fingerprint density at radius 3 is 2.87 bits per heavy atom. The van der Waals surface area contributed by atoms with Crippen LogP contribution < -0.4 is 10.1 Å². The molecule has 5 heteroatoms. The number of aromatic nitrogens is 2. The molecule has 1 heterocycles. The van der Waals surface area contributed by atoms with Crippen LogP contribution in [-0.4, -0.2) is 29.5 Å². The smallest absolute Gasteiger partial charge is 0.252 e. The zero-order chi connectivity index (χ0) is 16.1. The normalized spacial score (nSPS) is 9.96. The van der Waals surface area contributed by atoms with Gasteiger partial charge in [0.25, 0.3) is 5.91 Å². The number of hydrogen-bond donors (Lipinski definition) is 2. The summed E-state index contributed by atoms with van der Waals surface area (Å²) in [6.45, 7) is 0.284. The molecule has 0 saturated heterocycles. The minimum Gasteiger partial charge on any atom is -0.497 e. The van der Waals surface area contributed by atoms with E-state index >= 15 is 0 Å². The minimum atomic E-state index is -0.162. The van der Waals surface area contributed by atoms with Crippen LogP contribution in [0, 0.1) is 11.8 Å². The summed E-state index contributed by atoms with van der Waals surface area (Å²) < 4.78 is 5.09. The summed E-state index contributed by atoms with van der Waals surface area (Å²) in [7, 11) is 1.62. The topological polar surface area (TPSA) is 67.0 Å². The molecule has 0 fully saturated rings. The molecule has 0 spiro atoms. The molecule has 0 atom stereocenters. The van der Waals surface area contributed by atoms with Crippen molar-refractivity contribution in [3.05, 3.63) is 59.9 Å². The number of nitrogens with zero attached hydrogens (tertiary/aromatic N) is 1. The monoisotopic (exact) mass is 305 g/mol. The van der Waals surface area contributed by atoms with Crippen molar-refractivity contribution >= 4 is 16.9 Å². The van der Waals surface area contributed by atoms with E-state index in [1.807, 2.05) is 30.3 Å². The summed E-state index contributed by atoms with van der Waals surface area (Å²) >= 11 is 0. The maximum atomic E-state index is 12.1. The SMILES string of the molecule is COc1ccc(C#CCNC(=O)c2ccc3nc[nH]c3c2)cc1. The van der Waals surface area contributed by atoms with Gasteiger partial charge in [-0.1, -0.05) is 11.8 Å². The predicted octanol–water partition coefficient (Wildman–Crippen LogP) is 2.35. The number of imidazole rings is 1. The van der Waals surface area contributed by atoms with E-state index in [2.05, 4.69) is 27.1 Å². The van der Waals surface area contributed by atoms with Gasteiger partial charge in [-0.15, -0.1) is 0 Å². The Hall–Kier alpha value is -3.26. The van der Waals surface area contributed by atoms with Crippen molar-refractivity contribution in [1.82, 2.24) is 15.3 Å². The Bertz CT molecular complexity index is 886. The Morgan fingerprint density at radius 2 is 2.09 bits per heavy atom. The fourth-order valence-electron chi connectivity index (χ4n) is 2.12. The van der Waals surface area contributed by atoms with Crippen LogP contribution in [0.4, 0.5) is 0 Å². The molecule has 0 radical (unpaired) electrons. The molecule has 0 aliphatic heterocycles. The highest BCUT2D eigenvalue weighted by molar-refractivity contribution is 5.97. The molecule has 0 bridgehead atoms. The lowest BCUT2D eigenvalue weighted by atomic mass is 10.2. The number of fused-ring (bicyclic) bond motifs is 1. The van der Waals surface area contributed by atoms with Crippen molar-refractivity contribution in [2.75, 3.05) is 13.7 Å². The van der Waals surface area contributed by atoms with Crippen LogP contribution >= 0.6 is 0 Å². The average molecular weight is 305 g/mol. The van der Waals surface area contributed by atoms with Gasteiger partial charge in [0, 0.05) is 11.1 Å². The van der Waals surface area contributed by atoms with Gasteiger partial charge in [-0.25, -0.2) is 4.98 Å². The third-order valence-electron chi connectivity index (χ3n) is 3.34. The number of aromatic amines is 1. The van der Waals surface area contributed by atoms with Gasteiger partial charge in [0.15, 0.2) is 0 Å². The van der Waals surface area contributed by atoms with Crippen molar-refractivity contribution < 1.29 is 9.53 Å². The van der Waals surface area contributed by atoms with Crippen LogP contribution in [0.15, 0.2) is 48.8 Å². The number of carbonyl (C=O) groups excluding carboxylic acids is 1. The van der Waals surface area contributed by atoms with Crippen molar-refractivity contribution in [3.63, 3.8) is 0 Å². The van der Waals surface area contributed by atoms with Gasteiger partial charge in [0.1, 0.15) is 5.75 Å². The Labute approximate surface area is 133 Å². The van der Waals surface area contributed by atoms with Crippen molar-refractivity contribution in [2.24, 2.45) is 0 Å². The van der Waals surface area contributed by atoms with E-state index in [-0.39, 0.29) is 12.5 Å². The first-order valence-electron chi connectivity index (χ1n) is 7.10. The van der Waals surface area contributed by atoms with Gasteiger partial charge in [-0.2, -0.15) is 0 Å². The average Bonchev–Trinajstić information content (AvgIpc) is 3.06. The van der Waals surface area contributed by atoms with Gasteiger partial charge >= 0.3 is 0 Å². The number of hydrogen-bond acceptors (Lipinski definition) is 3. The molecule has 0 saturated carbocycles. The Kier molecular flexibility index (Phi) is 4.25. The first-order chi connectivity index (χ1) is 11.3. The third kappa shape index (κ3) is 3.50. The lowest BCUT2D eigenvalue weighted by Gasteiger charge is -2.01. The summed E-state index contributed by atoms with van der Waals surface area (Å²) in [6.07, 6.45) is 1.60. The van der Waals surface area contributed by atoms with E-state index in [4.69, 9.17) is 4.74 Å². The zero-order valence-corrected chi connectivity index (χ0v) is 12.6. The molecular weight excluding hydrogens is 290 g/mol. The summed E-state index contributed by atoms with van der Waals surface area (Å²) in [6, 6.07) is 12.8. The van der Waals surface area contributed by atoms with Crippen molar-refractivity contribution in [2.45, 2.75) is 0 Å². The largest absolute Gasteiger partial charge is 0.497 e. The van der Waals surface area contributed by atoms with Gasteiger partial charge in [-0.3, -0.25) is 4.79 Å². The molecule has 0 aliphatic rings. The van der Waals surface area contributed by atoms with Crippen molar-refractivity contribution in [3.8, 4) is 17.6 Å². The molecule has 0 aliphatic carbocycles. The van der Waals surface area contributed by atoms with E-state index in [0.29, 0.717) is 5.56 Å². The molecule has 1 aromatic heterocycles.